The maximum atomic E-state index is 12.4. The molecule has 2 aliphatic rings. The number of hydrogen-bond acceptors (Lipinski definition) is 3. The lowest BCUT2D eigenvalue weighted by molar-refractivity contribution is -0.136. The summed E-state index contributed by atoms with van der Waals surface area (Å²) in [7, 11) is 0. The Morgan fingerprint density at radius 2 is 2.06 bits per heavy atom. The molecule has 98 valence electrons. The zero-order valence-corrected chi connectivity index (χ0v) is 11.0. The zero-order valence-electron chi connectivity index (χ0n) is 11.0. The normalized spacial score (nSPS) is 42.8. The van der Waals surface area contributed by atoms with Gasteiger partial charge >= 0.3 is 0 Å². The Hall–Kier alpha value is -0.610. The van der Waals surface area contributed by atoms with Gasteiger partial charge in [0, 0.05) is 13.1 Å². The Bertz CT molecular complexity index is 342. The molecule has 4 N–H and O–H groups in total. The fourth-order valence-corrected chi connectivity index (χ4v) is 3.99. The first-order chi connectivity index (χ1) is 7.82. The minimum Gasteiger partial charge on any atom is -0.393 e. The van der Waals surface area contributed by atoms with Gasteiger partial charge in [0.2, 0.25) is 5.91 Å². The van der Waals surface area contributed by atoms with Gasteiger partial charge in [-0.2, -0.15) is 0 Å². The molecule has 3 atom stereocenters. The molecule has 0 heterocycles. The van der Waals surface area contributed by atoms with Crippen molar-refractivity contribution in [2.45, 2.75) is 46.1 Å². The molecular formula is C13H24N2O2. The first kappa shape index (κ1) is 12.8. The number of rotatable bonds is 3. The highest BCUT2D eigenvalue weighted by Gasteiger charge is 2.71. The highest BCUT2D eigenvalue weighted by atomic mass is 16.3. The van der Waals surface area contributed by atoms with Gasteiger partial charge in [-0.1, -0.05) is 20.8 Å². The number of nitrogens with two attached hydrogens (primary N) is 1. The molecular weight excluding hydrogens is 216 g/mol. The third kappa shape index (κ3) is 1.34. The van der Waals surface area contributed by atoms with Crippen molar-refractivity contribution in [3.8, 4) is 0 Å². The molecule has 0 aromatic rings. The van der Waals surface area contributed by atoms with E-state index in [4.69, 9.17) is 5.73 Å². The Morgan fingerprint density at radius 1 is 1.41 bits per heavy atom. The SMILES string of the molecule is CC1(C)[C@]2(C(=O)NCCN)CC[C@]1(C)[C@@H](O)C2. The van der Waals surface area contributed by atoms with Crippen molar-refractivity contribution in [3.63, 3.8) is 0 Å². The number of amides is 1. The van der Waals surface area contributed by atoms with Crippen LogP contribution in [0.2, 0.25) is 0 Å². The number of hydrogen-bond donors (Lipinski definition) is 3. The molecule has 17 heavy (non-hydrogen) atoms. The zero-order chi connectivity index (χ0) is 12.9. The van der Waals surface area contributed by atoms with Crippen LogP contribution in [0, 0.1) is 16.2 Å². The highest BCUT2D eigenvalue weighted by Crippen LogP contribution is 2.72. The van der Waals surface area contributed by atoms with Crippen molar-refractivity contribution in [2.75, 3.05) is 13.1 Å². The van der Waals surface area contributed by atoms with E-state index in [9.17, 15) is 9.90 Å². The standard InChI is InChI=1S/C13H24N2O2/c1-11(2)12(3)4-5-13(11,8-9(12)16)10(17)15-7-6-14/h9,16H,4-8,14H2,1-3H3,(H,15,17)/t9-,12+,13+/m0/s1. The van der Waals surface area contributed by atoms with Crippen molar-refractivity contribution >= 4 is 5.91 Å². The highest BCUT2D eigenvalue weighted by molar-refractivity contribution is 5.85. The molecule has 0 unspecified atom stereocenters. The van der Waals surface area contributed by atoms with Crippen molar-refractivity contribution in [1.82, 2.24) is 5.32 Å². The second-order valence-electron chi connectivity index (χ2n) is 6.39. The molecule has 4 heteroatoms. The van der Waals surface area contributed by atoms with E-state index in [-0.39, 0.29) is 22.8 Å². The van der Waals surface area contributed by atoms with Crippen LogP contribution in [0.5, 0.6) is 0 Å². The predicted octanol–water partition coefficient (Wildman–Crippen LogP) is 0.639. The Labute approximate surface area is 103 Å². The van der Waals surface area contributed by atoms with Gasteiger partial charge < -0.3 is 16.2 Å². The Kier molecular flexibility index (Phi) is 2.79. The van der Waals surface area contributed by atoms with Crippen LogP contribution in [0.3, 0.4) is 0 Å². The smallest absolute Gasteiger partial charge is 0.226 e. The number of nitrogens with one attached hydrogen (secondary N) is 1. The number of carbonyl (C=O) groups excluding carboxylic acids is 1. The van der Waals surface area contributed by atoms with E-state index < -0.39 is 5.41 Å². The number of aliphatic hydroxyl groups is 1. The van der Waals surface area contributed by atoms with Gasteiger partial charge in [0.15, 0.2) is 0 Å². The average Bonchev–Trinajstić information content (AvgIpc) is 2.56. The molecule has 2 rings (SSSR count). The predicted molar refractivity (Wildman–Crippen MR) is 66.2 cm³/mol. The monoisotopic (exact) mass is 240 g/mol. The largest absolute Gasteiger partial charge is 0.393 e. The summed E-state index contributed by atoms with van der Waals surface area (Å²) in [5.41, 5.74) is 4.73. The van der Waals surface area contributed by atoms with E-state index in [1.165, 1.54) is 0 Å². The van der Waals surface area contributed by atoms with Crippen molar-refractivity contribution in [1.29, 1.82) is 0 Å². The summed E-state index contributed by atoms with van der Waals surface area (Å²) in [4.78, 5) is 12.4. The van der Waals surface area contributed by atoms with Crippen molar-refractivity contribution < 1.29 is 9.90 Å². The van der Waals surface area contributed by atoms with Gasteiger partial charge in [-0.3, -0.25) is 4.79 Å². The molecule has 1 amide bonds. The third-order valence-corrected chi connectivity index (χ3v) is 5.84. The Balaban J connectivity index is 2.30. The summed E-state index contributed by atoms with van der Waals surface area (Å²) in [6.45, 7) is 7.34. The summed E-state index contributed by atoms with van der Waals surface area (Å²) in [6.07, 6.45) is 2.03. The lowest BCUT2D eigenvalue weighted by Crippen LogP contribution is -2.47. The second-order valence-corrected chi connectivity index (χ2v) is 6.39. The van der Waals surface area contributed by atoms with Gasteiger partial charge in [0.05, 0.1) is 11.5 Å². The first-order valence-electron chi connectivity index (χ1n) is 6.48. The molecule has 0 aromatic carbocycles. The lowest BCUT2D eigenvalue weighted by atomic mass is 9.64. The van der Waals surface area contributed by atoms with Crippen LogP contribution in [0.1, 0.15) is 40.0 Å². The fourth-order valence-electron chi connectivity index (χ4n) is 3.99. The molecule has 0 spiro atoms. The van der Waals surface area contributed by atoms with Crippen molar-refractivity contribution in [2.24, 2.45) is 22.0 Å². The van der Waals surface area contributed by atoms with Crippen LogP contribution < -0.4 is 11.1 Å². The quantitative estimate of drug-likeness (QED) is 0.677. The van der Waals surface area contributed by atoms with Crippen LogP contribution in [-0.2, 0) is 4.79 Å². The minimum absolute atomic E-state index is 0.0771. The fraction of sp³-hybridized carbons (Fsp3) is 0.923. The van der Waals surface area contributed by atoms with E-state index in [1.807, 2.05) is 0 Å². The number of fused-ring (bicyclic) bond motifs is 2. The second kappa shape index (κ2) is 3.69. The summed E-state index contributed by atoms with van der Waals surface area (Å²) in [5.74, 6) is 0.0771. The molecule has 0 aromatic heterocycles. The maximum Gasteiger partial charge on any atom is 0.226 e. The van der Waals surface area contributed by atoms with Crippen LogP contribution in [0.25, 0.3) is 0 Å². The van der Waals surface area contributed by atoms with Crippen LogP contribution in [-0.4, -0.2) is 30.2 Å². The molecule has 0 radical (unpaired) electrons. The molecule has 0 aliphatic heterocycles. The van der Waals surface area contributed by atoms with E-state index in [0.717, 1.165) is 12.8 Å². The van der Waals surface area contributed by atoms with Crippen molar-refractivity contribution in [3.05, 3.63) is 0 Å². The van der Waals surface area contributed by atoms with E-state index in [0.29, 0.717) is 19.5 Å². The van der Waals surface area contributed by atoms with Crippen LogP contribution in [0.15, 0.2) is 0 Å². The lowest BCUT2D eigenvalue weighted by Gasteiger charge is -2.40. The first-order valence-corrected chi connectivity index (χ1v) is 6.48. The topological polar surface area (TPSA) is 75.4 Å². The Morgan fingerprint density at radius 3 is 2.47 bits per heavy atom. The third-order valence-electron chi connectivity index (χ3n) is 5.84. The molecule has 2 bridgehead atoms. The minimum atomic E-state index is -0.406. The van der Waals surface area contributed by atoms with E-state index in [1.54, 1.807) is 0 Å². The van der Waals surface area contributed by atoms with E-state index in [2.05, 4.69) is 26.1 Å². The summed E-state index contributed by atoms with van der Waals surface area (Å²) in [5, 5.41) is 13.2. The van der Waals surface area contributed by atoms with Gasteiger partial charge in [-0.25, -0.2) is 0 Å². The number of aliphatic hydroxyl groups excluding tert-OH is 1. The van der Waals surface area contributed by atoms with Gasteiger partial charge in [-0.05, 0) is 30.1 Å². The summed E-state index contributed by atoms with van der Waals surface area (Å²) >= 11 is 0. The average molecular weight is 240 g/mol. The molecule has 2 saturated carbocycles. The van der Waals surface area contributed by atoms with E-state index >= 15 is 0 Å². The summed E-state index contributed by atoms with van der Waals surface area (Å²) in [6, 6.07) is 0. The number of carbonyl (C=O) groups is 1. The summed E-state index contributed by atoms with van der Waals surface area (Å²) < 4.78 is 0. The molecule has 4 nitrogen and oxygen atoms in total. The molecule has 0 saturated heterocycles. The van der Waals surface area contributed by atoms with Crippen LogP contribution >= 0.6 is 0 Å². The van der Waals surface area contributed by atoms with Gasteiger partial charge in [0.25, 0.3) is 0 Å². The van der Waals surface area contributed by atoms with Crippen LogP contribution in [0.4, 0.5) is 0 Å². The molecule has 2 fully saturated rings. The van der Waals surface area contributed by atoms with Gasteiger partial charge in [-0.15, -0.1) is 0 Å². The maximum absolute atomic E-state index is 12.4. The molecule has 2 aliphatic carbocycles. The van der Waals surface area contributed by atoms with Gasteiger partial charge in [0.1, 0.15) is 0 Å².